The van der Waals surface area contributed by atoms with Crippen LogP contribution in [-0.2, 0) is 11.3 Å². The van der Waals surface area contributed by atoms with E-state index in [0.29, 0.717) is 18.9 Å². The Labute approximate surface area is 102 Å². The van der Waals surface area contributed by atoms with Gasteiger partial charge in [0.25, 0.3) is 0 Å². The minimum atomic E-state index is 0.230. The van der Waals surface area contributed by atoms with Gasteiger partial charge in [0, 0.05) is 38.4 Å². The number of hydrogen-bond donors (Lipinski definition) is 1. The summed E-state index contributed by atoms with van der Waals surface area (Å²) in [7, 11) is 0. The molecule has 0 aromatic carbocycles. The molecule has 1 amide bonds. The van der Waals surface area contributed by atoms with Crippen LogP contribution in [0.4, 0.5) is 0 Å². The molecule has 92 valence electrons. The lowest BCUT2D eigenvalue weighted by atomic mass is 10.1. The van der Waals surface area contributed by atoms with Crippen molar-refractivity contribution >= 4 is 5.91 Å². The van der Waals surface area contributed by atoms with Crippen LogP contribution >= 0.6 is 0 Å². The van der Waals surface area contributed by atoms with Crippen LogP contribution in [0.15, 0.2) is 24.5 Å². The van der Waals surface area contributed by atoms with E-state index in [2.05, 4.69) is 17.2 Å². The molecule has 0 radical (unpaired) electrons. The molecule has 1 aromatic heterocycles. The summed E-state index contributed by atoms with van der Waals surface area (Å²) >= 11 is 0. The van der Waals surface area contributed by atoms with Crippen LogP contribution in [0.25, 0.3) is 0 Å². The minimum Gasteiger partial charge on any atom is -0.338 e. The zero-order chi connectivity index (χ0) is 12.1. The van der Waals surface area contributed by atoms with Crippen molar-refractivity contribution in [3.8, 4) is 0 Å². The second kappa shape index (κ2) is 5.77. The number of nitrogens with zero attached hydrogens (tertiary/aromatic N) is 2. The lowest BCUT2D eigenvalue weighted by Crippen LogP contribution is -2.41. The van der Waals surface area contributed by atoms with Gasteiger partial charge >= 0.3 is 0 Å². The first-order valence-corrected chi connectivity index (χ1v) is 6.13. The van der Waals surface area contributed by atoms with E-state index in [1.807, 2.05) is 23.2 Å². The molecule has 1 fully saturated rings. The summed E-state index contributed by atoms with van der Waals surface area (Å²) in [4.78, 5) is 18.0. The van der Waals surface area contributed by atoms with Gasteiger partial charge in [-0.3, -0.25) is 9.78 Å². The molecule has 1 saturated heterocycles. The fourth-order valence-electron chi connectivity index (χ4n) is 2.11. The van der Waals surface area contributed by atoms with Crippen molar-refractivity contribution < 1.29 is 4.79 Å². The van der Waals surface area contributed by atoms with Gasteiger partial charge in [0.15, 0.2) is 0 Å². The zero-order valence-electron chi connectivity index (χ0n) is 10.2. The summed E-state index contributed by atoms with van der Waals surface area (Å²) in [6.45, 7) is 5.43. The van der Waals surface area contributed by atoms with Crippen LogP contribution < -0.4 is 5.32 Å². The molecule has 1 aromatic rings. The number of carbonyl (C=O) groups is 1. The molecule has 1 aliphatic heterocycles. The van der Waals surface area contributed by atoms with Gasteiger partial charge in [-0.2, -0.15) is 0 Å². The fraction of sp³-hybridized carbons (Fsp3) is 0.538. The van der Waals surface area contributed by atoms with Crippen molar-refractivity contribution in [3.63, 3.8) is 0 Å². The lowest BCUT2D eigenvalue weighted by molar-refractivity contribution is -0.132. The van der Waals surface area contributed by atoms with E-state index < -0.39 is 0 Å². The van der Waals surface area contributed by atoms with Crippen molar-refractivity contribution in [2.45, 2.75) is 19.9 Å². The predicted octanol–water partition coefficient (Wildman–Crippen LogP) is 1.04. The minimum absolute atomic E-state index is 0.230. The van der Waals surface area contributed by atoms with E-state index in [1.54, 1.807) is 6.20 Å². The maximum absolute atomic E-state index is 12.0. The molecule has 1 aliphatic rings. The highest BCUT2D eigenvalue weighted by atomic mass is 16.2. The van der Waals surface area contributed by atoms with Gasteiger partial charge in [0.05, 0.1) is 0 Å². The Morgan fingerprint density at radius 1 is 1.59 bits per heavy atom. The largest absolute Gasteiger partial charge is 0.338 e. The molecule has 0 saturated carbocycles. The first-order valence-electron chi connectivity index (χ1n) is 6.13. The normalized spacial score (nSPS) is 22.1. The number of amides is 1. The number of aromatic nitrogens is 1. The van der Waals surface area contributed by atoms with Gasteiger partial charge in [-0.15, -0.1) is 0 Å². The second-order valence-corrected chi connectivity index (χ2v) is 4.69. The molecule has 0 aliphatic carbocycles. The highest BCUT2D eigenvalue weighted by molar-refractivity contribution is 5.76. The Morgan fingerprint density at radius 2 is 2.47 bits per heavy atom. The number of carbonyl (C=O) groups excluding carboxylic acids is 1. The zero-order valence-corrected chi connectivity index (χ0v) is 10.2. The third-order valence-corrected chi connectivity index (χ3v) is 2.99. The molecule has 17 heavy (non-hydrogen) atoms. The first-order chi connectivity index (χ1) is 8.25. The molecule has 2 heterocycles. The summed E-state index contributed by atoms with van der Waals surface area (Å²) in [5.41, 5.74) is 1.10. The first kappa shape index (κ1) is 12.0. The Bertz CT molecular complexity index is 366. The maximum Gasteiger partial charge on any atom is 0.224 e. The molecule has 1 atom stereocenters. The predicted molar refractivity (Wildman–Crippen MR) is 66.3 cm³/mol. The molecule has 4 nitrogen and oxygen atoms in total. The summed E-state index contributed by atoms with van der Waals surface area (Å²) in [5.74, 6) is 0.726. The van der Waals surface area contributed by atoms with E-state index >= 15 is 0 Å². The second-order valence-electron chi connectivity index (χ2n) is 4.69. The lowest BCUT2D eigenvalue weighted by Gasteiger charge is -2.28. The summed E-state index contributed by atoms with van der Waals surface area (Å²) < 4.78 is 0. The maximum atomic E-state index is 12.0. The van der Waals surface area contributed by atoms with Crippen molar-refractivity contribution in [2.24, 2.45) is 5.92 Å². The van der Waals surface area contributed by atoms with Crippen molar-refractivity contribution in [3.05, 3.63) is 30.1 Å². The molecule has 4 heteroatoms. The van der Waals surface area contributed by atoms with E-state index in [-0.39, 0.29) is 5.91 Å². The molecular formula is C13H19N3O. The Hall–Kier alpha value is -1.42. The average Bonchev–Trinajstić information content (AvgIpc) is 2.33. The molecule has 1 unspecified atom stereocenters. The Morgan fingerprint density at radius 3 is 3.24 bits per heavy atom. The van der Waals surface area contributed by atoms with Gasteiger partial charge in [0.1, 0.15) is 0 Å². The molecule has 2 rings (SSSR count). The highest BCUT2D eigenvalue weighted by Crippen LogP contribution is 2.09. The van der Waals surface area contributed by atoms with Crippen LogP contribution in [0.2, 0.25) is 0 Å². The topological polar surface area (TPSA) is 45.2 Å². The van der Waals surface area contributed by atoms with E-state index in [4.69, 9.17) is 0 Å². The number of pyridine rings is 1. The number of hydrogen-bond acceptors (Lipinski definition) is 3. The smallest absolute Gasteiger partial charge is 0.224 e. The van der Waals surface area contributed by atoms with Gasteiger partial charge in [-0.05, 0) is 24.1 Å². The highest BCUT2D eigenvalue weighted by Gasteiger charge is 2.19. The number of rotatable bonds is 2. The summed E-state index contributed by atoms with van der Waals surface area (Å²) in [6.07, 6.45) is 4.17. The van der Waals surface area contributed by atoms with Gasteiger partial charge < -0.3 is 10.2 Å². The summed E-state index contributed by atoms with van der Waals surface area (Å²) in [5, 5.41) is 3.29. The fourth-order valence-corrected chi connectivity index (χ4v) is 2.11. The monoisotopic (exact) mass is 233 g/mol. The van der Waals surface area contributed by atoms with E-state index in [0.717, 1.165) is 25.2 Å². The van der Waals surface area contributed by atoms with Crippen LogP contribution in [0.1, 0.15) is 18.9 Å². The molecule has 0 bridgehead atoms. The van der Waals surface area contributed by atoms with Gasteiger partial charge in [0.2, 0.25) is 5.91 Å². The van der Waals surface area contributed by atoms with Crippen LogP contribution in [-0.4, -0.2) is 35.4 Å². The van der Waals surface area contributed by atoms with Crippen LogP contribution in [0, 0.1) is 5.92 Å². The van der Waals surface area contributed by atoms with Crippen molar-refractivity contribution in [2.75, 3.05) is 19.6 Å². The van der Waals surface area contributed by atoms with Crippen molar-refractivity contribution in [1.82, 2.24) is 15.2 Å². The third kappa shape index (κ3) is 3.53. The Kier molecular flexibility index (Phi) is 4.09. The van der Waals surface area contributed by atoms with Crippen molar-refractivity contribution in [1.29, 1.82) is 0 Å². The van der Waals surface area contributed by atoms with E-state index in [1.165, 1.54) is 0 Å². The standard InChI is InChI=1S/C13H19N3O/c1-11-7-15-6-4-13(17)16(9-11)10-12-3-2-5-14-8-12/h2-3,5,8,11,15H,4,6-7,9-10H2,1H3. The number of nitrogens with one attached hydrogen (secondary N) is 1. The van der Waals surface area contributed by atoms with E-state index in [9.17, 15) is 4.79 Å². The van der Waals surface area contributed by atoms with Crippen LogP contribution in [0.3, 0.4) is 0 Å². The quantitative estimate of drug-likeness (QED) is 0.830. The van der Waals surface area contributed by atoms with Gasteiger partial charge in [-0.25, -0.2) is 0 Å². The molecular weight excluding hydrogens is 214 g/mol. The molecule has 0 spiro atoms. The third-order valence-electron chi connectivity index (χ3n) is 2.99. The summed E-state index contributed by atoms with van der Waals surface area (Å²) in [6, 6.07) is 3.93. The van der Waals surface area contributed by atoms with Gasteiger partial charge in [-0.1, -0.05) is 13.0 Å². The van der Waals surface area contributed by atoms with Crippen LogP contribution in [0.5, 0.6) is 0 Å². The SMILES string of the molecule is CC1CNCCC(=O)N(Cc2cccnc2)C1. The molecule has 1 N–H and O–H groups in total. The average molecular weight is 233 g/mol. The Balaban J connectivity index is 2.03.